The fraction of sp³-hybridized carbons (Fsp3) is 0.579. The van der Waals surface area contributed by atoms with Crippen LogP contribution in [0.1, 0.15) is 29.6 Å². The standard InChI is InChI=1S/C19H28N4O3.HI/c1-20-18(23-11-6-19(14-23)7-12-26-13-8-19)22-10-9-21-17(25)15-2-4-16(24)5-3-15;/h2-5,24H,6-14H2,1H3,(H,20,22)(H,21,25);1H. The number of likely N-dealkylation sites (tertiary alicyclic amines) is 1. The van der Waals surface area contributed by atoms with E-state index in [1.807, 2.05) is 0 Å². The lowest BCUT2D eigenvalue weighted by Crippen LogP contribution is -2.44. The molecule has 2 aliphatic heterocycles. The average Bonchev–Trinajstić information content (AvgIpc) is 3.06. The van der Waals surface area contributed by atoms with Crippen LogP contribution in [-0.2, 0) is 4.74 Å². The number of aliphatic imine (C=N–C) groups is 1. The van der Waals surface area contributed by atoms with Crippen LogP contribution >= 0.6 is 24.0 Å². The van der Waals surface area contributed by atoms with Gasteiger partial charge in [0.05, 0.1) is 0 Å². The van der Waals surface area contributed by atoms with E-state index in [2.05, 4.69) is 20.5 Å². The molecule has 0 aromatic heterocycles. The van der Waals surface area contributed by atoms with Crippen molar-refractivity contribution >= 4 is 35.8 Å². The lowest BCUT2D eigenvalue weighted by Gasteiger charge is -2.33. The molecule has 1 aromatic rings. The smallest absolute Gasteiger partial charge is 0.251 e. The molecule has 0 aliphatic carbocycles. The van der Waals surface area contributed by atoms with Crippen molar-refractivity contribution in [3.8, 4) is 5.75 Å². The zero-order chi connectivity index (χ0) is 18.4. The summed E-state index contributed by atoms with van der Waals surface area (Å²) in [4.78, 5) is 18.8. The largest absolute Gasteiger partial charge is 0.508 e. The third-order valence-corrected chi connectivity index (χ3v) is 5.33. The van der Waals surface area contributed by atoms with Crippen LogP contribution < -0.4 is 10.6 Å². The molecule has 2 heterocycles. The highest BCUT2D eigenvalue weighted by atomic mass is 127. The third kappa shape index (κ3) is 5.71. The predicted octanol–water partition coefficient (Wildman–Crippen LogP) is 1.82. The van der Waals surface area contributed by atoms with Crippen molar-refractivity contribution in [2.24, 2.45) is 10.4 Å². The monoisotopic (exact) mass is 488 g/mol. The quantitative estimate of drug-likeness (QED) is 0.261. The number of phenols is 1. The summed E-state index contributed by atoms with van der Waals surface area (Å²) in [5.41, 5.74) is 0.913. The van der Waals surface area contributed by atoms with Crippen molar-refractivity contribution in [2.45, 2.75) is 19.3 Å². The maximum Gasteiger partial charge on any atom is 0.251 e. The van der Waals surface area contributed by atoms with E-state index >= 15 is 0 Å². The van der Waals surface area contributed by atoms with Crippen LogP contribution in [0.5, 0.6) is 5.75 Å². The molecule has 1 spiro atoms. The van der Waals surface area contributed by atoms with Crippen LogP contribution in [0.25, 0.3) is 0 Å². The van der Waals surface area contributed by atoms with Gasteiger partial charge in [0.15, 0.2) is 5.96 Å². The summed E-state index contributed by atoms with van der Waals surface area (Å²) in [6, 6.07) is 6.23. The molecule has 2 saturated heterocycles. The zero-order valence-corrected chi connectivity index (χ0v) is 18.1. The van der Waals surface area contributed by atoms with E-state index < -0.39 is 0 Å². The minimum atomic E-state index is -0.149. The number of hydrogen-bond donors (Lipinski definition) is 3. The number of carbonyl (C=O) groups excluding carboxylic acids is 1. The van der Waals surface area contributed by atoms with E-state index in [0.29, 0.717) is 24.1 Å². The van der Waals surface area contributed by atoms with Crippen molar-refractivity contribution in [3.63, 3.8) is 0 Å². The first-order chi connectivity index (χ1) is 12.6. The van der Waals surface area contributed by atoms with Gasteiger partial charge >= 0.3 is 0 Å². The van der Waals surface area contributed by atoms with Gasteiger partial charge in [0.25, 0.3) is 5.91 Å². The second-order valence-electron chi connectivity index (χ2n) is 7.06. The first-order valence-electron chi connectivity index (χ1n) is 9.22. The molecule has 0 atom stereocenters. The molecule has 2 fully saturated rings. The third-order valence-electron chi connectivity index (χ3n) is 5.33. The molecular weight excluding hydrogens is 459 g/mol. The number of rotatable bonds is 4. The number of carbonyl (C=O) groups is 1. The van der Waals surface area contributed by atoms with Gasteiger partial charge in [0.2, 0.25) is 0 Å². The lowest BCUT2D eigenvalue weighted by atomic mass is 9.80. The number of hydrogen-bond acceptors (Lipinski definition) is 4. The van der Waals surface area contributed by atoms with E-state index in [1.54, 1.807) is 19.2 Å². The van der Waals surface area contributed by atoms with Gasteiger partial charge in [-0.05, 0) is 48.9 Å². The van der Waals surface area contributed by atoms with Gasteiger partial charge < -0.3 is 25.4 Å². The Bertz CT molecular complexity index is 645. The van der Waals surface area contributed by atoms with Gasteiger partial charge in [-0.2, -0.15) is 0 Å². The molecule has 3 rings (SSSR count). The van der Waals surface area contributed by atoms with Gasteiger partial charge in [-0.1, -0.05) is 0 Å². The minimum absolute atomic E-state index is 0. The number of phenolic OH excluding ortho intramolecular Hbond substituents is 1. The van der Waals surface area contributed by atoms with Gasteiger partial charge in [-0.15, -0.1) is 24.0 Å². The Labute approximate surface area is 177 Å². The normalized spacial score (nSPS) is 18.9. The maximum atomic E-state index is 12.1. The molecule has 7 nitrogen and oxygen atoms in total. The summed E-state index contributed by atoms with van der Waals surface area (Å²) in [7, 11) is 1.80. The van der Waals surface area contributed by atoms with Crippen LogP contribution in [0.15, 0.2) is 29.3 Å². The van der Waals surface area contributed by atoms with Crippen molar-refractivity contribution in [2.75, 3.05) is 46.4 Å². The second kappa shape index (κ2) is 10.1. The zero-order valence-electron chi connectivity index (χ0n) is 15.7. The van der Waals surface area contributed by atoms with E-state index in [4.69, 9.17) is 4.74 Å². The highest BCUT2D eigenvalue weighted by Crippen LogP contribution is 2.39. The molecule has 0 bridgehead atoms. The number of aromatic hydroxyl groups is 1. The van der Waals surface area contributed by atoms with Gasteiger partial charge in [-0.25, -0.2) is 0 Å². The highest BCUT2D eigenvalue weighted by Gasteiger charge is 2.40. The van der Waals surface area contributed by atoms with E-state index in [1.165, 1.54) is 18.6 Å². The van der Waals surface area contributed by atoms with Gasteiger partial charge in [0.1, 0.15) is 5.75 Å². The molecule has 0 saturated carbocycles. The summed E-state index contributed by atoms with van der Waals surface area (Å²) < 4.78 is 5.50. The number of ether oxygens (including phenoxy) is 1. The first-order valence-corrected chi connectivity index (χ1v) is 9.22. The number of nitrogens with one attached hydrogen (secondary N) is 2. The summed E-state index contributed by atoms with van der Waals surface area (Å²) in [5, 5.41) is 15.5. The first kappa shape index (κ1) is 21.7. The number of amides is 1. The molecule has 8 heteroatoms. The molecule has 2 aliphatic rings. The molecule has 1 amide bonds. The van der Waals surface area contributed by atoms with Crippen LogP contribution in [0.3, 0.4) is 0 Å². The SMILES string of the molecule is CN=C(NCCNC(=O)c1ccc(O)cc1)N1CCC2(CCOCC2)C1.I. The van der Waals surface area contributed by atoms with Gasteiger partial charge in [0, 0.05) is 52.0 Å². The van der Waals surface area contributed by atoms with Crippen molar-refractivity contribution in [1.82, 2.24) is 15.5 Å². The molecule has 150 valence electrons. The summed E-state index contributed by atoms with van der Waals surface area (Å²) in [6.45, 7) is 4.89. The summed E-state index contributed by atoms with van der Waals surface area (Å²) in [5.74, 6) is 0.899. The molecule has 3 N–H and O–H groups in total. The Morgan fingerprint density at radius 1 is 1.19 bits per heavy atom. The molecule has 1 aromatic carbocycles. The molecular formula is C19H29IN4O3. The van der Waals surface area contributed by atoms with Crippen molar-refractivity contribution < 1.29 is 14.6 Å². The molecule has 0 unspecified atom stereocenters. The topological polar surface area (TPSA) is 86.2 Å². The Kier molecular flexibility index (Phi) is 8.15. The Morgan fingerprint density at radius 3 is 2.52 bits per heavy atom. The van der Waals surface area contributed by atoms with E-state index in [9.17, 15) is 9.90 Å². The van der Waals surface area contributed by atoms with Crippen molar-refractivity contribution in [1.29, 1.82) is 0 Å². The van der Waals surface area contributed by atoms with Gasteiger partial charge in [-0.3, -0.25) is 9.79 Å². The van der Waals surface area contributed by atoms with Crippen molar-refractivity contribution in [3.05, 3.63) is 29.8 Å². The fourth-order valence-electron chi connectivity index (χ4n) is 3.73. The van der Waals surface area contributed by atoms with Crippen LogP contribution in [0.4, 0.5) is 0 Å². The number of benzene rings is 1. The Hall–Kier alpha value is -1.55. The van der Waals surface area contributed by atoms with E-state index in [-0.39, 0.29) is 35.6 Å². The Balaban J connectivity index is 0.00000261. The minimum Gasteiger partial charge on any atom is -0.508 e. The lowest BCUT2D eigenvalue weighted by molar-refractivity contribution is 0.0218. The second-order valence-corrected chi connectivity index (χ2v) is 7.06. The number of guanidine groups is 1. The molecule has 0 radical (unpaired) electrons. The number of halogens is 1. The summed E-state index contributed by atoms with van der Waals surface area (Å²) in [6.07, 6.45) is 3.45. The fourth-order valence-corrected chi connectivity index (χ4v) is 3.73. The van der Waals surface area contributed by atoms with Crippen LogP contribution in [-0.4, -0.2) is 68.3 Å². The maximum absolute atomic E-state index is 12.1. The predicted molar refractivity (Wildman–Crippen MR) is 116 cm³/mol. The summed E-state index contributed by atoms with van der Waals surface area (Å²) >= 11 is 0. The Morgan fingerprint density at radius 2 is 1.85 bits per heavy atom. The van der Waals surface area contributed by atoms with E-state index in [0.717, 1.165) is 45.1 Å². The number of nitrogens with zero attached hydrogens (tertiary/aromatic N) is 2. The van der Waals surface area contributed by atoms with Crippen LogP contribution in [0.2, 0.25) is 0 Å². The highest BCUT2D eigenvalue weighted by molar-refractivity contribution is 14.0. The van der Waals surface area contributed by atoms with Crippen LogP contribution in [0, 0.1) is 5.41 Å². The average molecular weight is 488 g/mol. The molecule has 27 heavy (non-hydrogen) atoms.